The Hall–Kier alpha value is -1.72. The molecule has 0 bridgehead atoms. The molecule has 0 spiro atoms. The maximum Gasteiger partial charge on any atom is 0.511 e. The van der Waals surface area contributed by atoms with Crippen LogP contribution in [0, 0.1) is 0 Å². The minimum atomic E-state index is -1.56. The Kier molecular flexibility index (Phi) is 3.29. The molecule has 0 saturated heterocycles. The number of ether oxygens (including phenoxy) is 2. The SMILES string of the molecule is C=C(OC(=O)O)C(C)(C)OC(=O)O. The fourth-order valence-corrected chi connectivity index (χ4v) is 0.503. The second-order valence-corrected chi connectivity index (χ2v) is 2.67. The first-order valence-electron chi connectivity index (χ1n) is 3.28. The van der Waals surface area contributed by atoms with Crippen LogP contribution in [0.3, 0.4) is 0 Å². The first kappa shape index (κ1) is 11.3. The monoisotopic (exact) mass is 190 g/mol. The Balaban J connectivity index is 4.35. The van der Waals surface area contributed by atoms with Crippen molar-refractivity contribution in [3.63, 3.8) is 0 Å². The smallest absolute Gasteiger partial charge is 0.450 e. The largest absolute Gasteiger partial charge is 0.511 e. The Morgan fingerprint density at radius 2 is 1.69 bits per heavy atom. The van der Waals surface area contributed by atoms with Gasteiger partial charge in [0.05, 0.1) is 0 Å². The second-order valence-electron chi connectivity index (χ2n) is 2.67. The lowest BCUT2D eigenvalue weighted by atomic mass is 10.1. The van der Waals surface area contributed by atoms with E-state index < -0.39 is 17.9 Å². The fraction of sp³-hybridized carbons (Fsp3) is 0.429. The maximum absolute atomic E-state index is 10.1. The van der Waals surface area contributed by atoms with Gasteiger partial charge in [0.25, 0.3) is 0 Å². The highest BCUT2D eigenvalue weighted by molar-refractivity contribution is 5.60. The molecule has 0 unspecified atom stereocenters. The van der Waals surface area contributed by atoms with Crippen molar-refractivity contribution in [2.45, 2.75) is 19.4 Å². The standard InChI is InChI=1S/C7H10O6/c1-4(12-5(8)9)7(2,3)13-6(10)11/h1H2,2-3H3,(H,8,9)(H,10,11). The van der Waals surface area contributed by atoms with E-state index in [2.05, 4.69) is 16.1 Å². The van der Waals surface area contributed by atoms with E-state index in [0.29, 0.717) is 0 Å². The van der Waals surface area contributed by atoms with E-state index in [1.807, 2.05) is 0 Å². The Labute approximate surface area is 74.4 Å². The van der Waals surface area contributed by atoms with Crippen molar-refractivity contribution in [3.05, 3.63) is 12.3 Å². The van der Waals surface area contributed by atoms with E-state index in [9.17, 15) is 9.59 Å². The van der Waals surface area contributed by atoms with Crippen molar-refractivity contribution >= 4 is 12.3 Å². The molecule has 0 atom stereocenters. The highest BCUT2D eigenvalue weighted by Gasteiger charge is 2.29. The van der Waals surface area contributed by atoms with Gasteiger partial charge in [-0.25, -0.2) is 9.59 Å². The minimum absolute atomic E-state index is 0.289. The third-order valence-corrected chi connectivity index (χ3v) is 1.22. The van der Waals surface area contributed by atoms with Gasteiger partial charge in [-0.1, -0.05) is 6.58 Å². The Morgan fingerprint density at radius 1 is 1.23 bits per heavy atom. The molecule has 6 nitrogen and oxygen atoms in total. The fourth-order valence-electron chi connectivity index (χ4n) is 0.503. The van der Waals surface area contributed by atoms with Crippen LogP contribution < -0.4 is 0 Å². The molecule has 74 valence electrons. The van der Waals surface area contributed by atoms with Crippen LogP contribution in [0.25, 0.3) is 0 Å². The van der Waals surface area contributed by atoms with Crippen LogP contribution in [0.1, 0.15) is 13.8 Å². The van der Waals surface area contributed by atoms with Gasteiger partial charge in [0.1, 0.15) is 5.76 Å². The molecule has 0 fully saturated rings. The molecule has 0 aromatic heterocycles. The second kappa shape index (κ2) is 3.79. The molecule has 0 amide bonds. The molecule has 6 heteroatoms. The third kappa shape index (κ3) is 4.00. The maximum atomic E-state index is 10.1. The first-order valence-corrected chi connectivity index (χ1v) is 3.28. The van der Waals surface area contributed by atoms with Crippen molar-refractivity contribution in [2.75, 3.05) is 0 Å². The summed E-state index contributed by atoms with van der Waals surface area (Å²) in [5.41, 5.74) is -1.38. The summed E-state index contributed by atoms with van der Waals surface area (Å²) in [4.78, 5) is 20.2. The minimum Gasteiger partial charge on any atom is -0.450 e. The van der Waals surface area contributed by atoms with Gasteiger partial charge in [0.2, 0.25) is 0 Å². The van der Waals surface area contributed by atoms with Gasteiger partial charge >= 0.3 is 12.3 Å². The normalized spacial score (nSPS) is 10.3. The van der Waals surface area contributed by atoms with Crippen molar-refractivity contribution in [3.8, 4) is 0 Å². The molecule has 13 heavy (non-hydrogen) atoms. The van der Waals surface area contributed by atoms with E-state index in [4.69, 9.17) is 10.2 Å². The zero-order chi connectivity index (χ0) is 10.6. The molecule has 0 radical (unpaired) electrons. The Bertz CT molecular complexity index is 241. The van der Waals surface area contributed by atoms with Gasteiger partial charge in [0, 0.05) is 0 Å². The van der Waals surface area contributed by atoms with E-state index in [0.717, 1.165) is 0 Å². The molecule has 0 heterocycles. The molecule has 0 aliphatic heterocycles. The highest BCUT2D eigenvalue weighted by atomic mass is 16.7. The van der Waals surface area contributed by atoms with Gasteiger partial charge in [-0.2, -0.15) is 0 Å². The van der Waals surface area contributed by atoms with Crippen LogP contribution >= 0.6 is 0 Å². The molecule has 0 saturated carbocycles. The summed E-state index contributed by atoms with van der Waals surface area (Å²) in [6, 6.07) is 0. The molecule has 0 rings (SSSR count). The molecule has 2 N–H and O–H groups in total. The quantitative estimate of drug-likeness (QED) is 0.519. The average molecular weight is 190 g/mol. The van der Waals surface area contributed by atoms with Crippen molar-refractivity contribution < 1.29 is 29.3 Å². The summed E-state index contributed by atoms with van der Waals surface area (Å²) in [5.74, 6) is -0.289. The molecule has 0 aromatic rings. The number of carboxylic acid groups (broad SMARTS) is 2. The van der Waals surface area contributed by atoms with Crippen LogP contribution in [0.2, 0.25) is 0 Å². The summed E-state index contributed by atoms with van der Waals surface area (Å²) in [5, 5.41) is 16.5. The van der Waals surface area contributed by atoms with Crippen LogP contribution in [-0.2, 0) is 9.47 Å². The van der Waals surface area contributed by atoms with Crippen LogP contribution in [0.15, 0.2) is 12.3 Å². The van der Waals surface area contributed by atoms with Gasteiger partial charge in [-0.3, -0.25) is 0 Å². The van der Waals surface area contributed by atoms with E-state index in [1.54, 1.807) is 0 Å². The zero-order valence-corrected chi connectivity index (χ0v) is 7.23. The molecule has 0 aliphatic rings. The molecule has 0 aromatic carbocycles. The number of hydrogen-bond acceptors (Lipinski definition) is 4. The van der Waals surface area contributed by atoms with Gasteiger partial charge in [-0.05, 0) is 13.8 Å². The molecular formula is C7H10O6. The summed E-state index contributed by atoms with van der Waals surface area (Å²) < 4.78 is 8.48. The average Bonchev–Trinajstić information content (AvgIpc) is 1.81. The van der Waals surface area contributed by atoms with Crippen molar-refractivity contribution in [1.29, 1.82) is 0 Å². The van der Waals surface area contributed by atoms with E-state index in [1.165, 1.54) is 13.8 Å². The zero-order valence-electron chi connectivity index (χ0n) is 7.23. The van der Waals surface area contributed by atoms with Crippen molar-refractivity contribution in [1.82, 2.24) is 0 Å². The lowest BCUT2D eigenvalue weighted by molar-refractivity contribution is -0.00627. The summed E-state index contributed by atoms with van der Waals surface area (Å²) in [6.45, 7) is 5.88. The van der Waals surface area contributed by atoms with Gasteiger partial charge in [0.15, 0.2) is 5.60 Å². The van der Waals surface area contributed by atoms with E-state index in [-0.39, 0.29) is 5.76 Å². The topological polar surface area (TPSA) is 93.1 Å². The van der Waals surface area contributed by atoms with Crippen LogP contribution in [-0.4, -0.2) is 28.1 Å². The third-order valence-electron chi connectivity index (χ3n) is 1.22. The number of carbonyl (C=O) groups is 2. The summed E-state index contributed by atoms with van der Waals surface area (Å²) in [7, 11) is 0. The van der Waals surface area contributed by atoms with Crippen LogP contribution in [0.4, 0.5) is 9.59 Å². The van der Waals surface area contributed by atoms with Gasteiger partial charge in [-0.15, -0.1) is 0 Å². The first-order chi connectivity index (χ1) is 5.75. The summed E-state index contributed by atoms with van der Waals surface area (Å²) >= 11 is 0. The van der Waals surface area contributed by atoms with Crippen molar-refractivity contribution in [2.24, 2.45) is 0 Å². The van der Waals surface area contributed by atoms with Gasteiger partial charge < -0.3 is 19.7 Å². The van der Waals surface area contributed by atoms with Crippen LogP contribution in [0.5, 0.6) is 0 Å². The summed E-state index contributed by atoms with van der Waals surface area (Å²) in [6.07, 6.45) is -3.09. The molecule has 0 aliphatic carbocycles. The van der Waals surface area contributed by atoms with E-state index >= 15 is 0 Å². The Morgan fingerprint density at radius 3 is 2.00 bits per heavy atom. The molecular weight excluding hydrogens is 180 g/mol. The lowest BCUT2D eigenvalue weighted by Crippen LogP contribution is -2.31. The predicted octanol–water partition coefficient (Wildman–Crippen LogP) is 1.67. The highest BCUT2D eigenvalue weighted by Crippen LogP contribution is 2.20. The number of rotatable bonds is 3. The lowest BCUT2D eigenvalue weighted by Gasteiger charge is -2.23. The number of hydrogen-bond donors (Lipinski definition) is 2. The predicted molar refractivity (Wildman–Crippen MR) is 41.4 cm³/mol.